The Bertz CT molecular complexity index is 1090. The zero-order valence-electron chi connectivity index (χ0n) is 19.7. The molecule has 3 heteroatoms. The first-order chi connectivity index (χ1) is 16.7. The molecule has 0 heterocycles. The van der Waals surface area contributed by atoms with E-state index in [1.807, 2.05) is 30.3 Å². The third kappa shape index (κ3) is 7.21. The van der Waals surface area contributed by atoms with Gasteiger partial charge in [0.1, 0.15) is 12.4 Å². The van der Waals surface area contributed by atoms with Crippen LogP contribution in [0.5, 0.6) is 5.75 Å². The fourth-order valence-corrected chi connectivity index (χ4v) is 4.43. The lowest BCUT2D eigenvalue weighted by molar-refractivity contribution is 0.306. The molecule has 0 aromatic heterocycles. The van der Waals surface area contributed by atoms with E-state index in [0.29, 0.717) is 18.6 Å². The van der Waals surface area contributed by atoms with E-state index in [1.54, 1.807) is 0 Å². The molecule has 34 heavy (non-hydrogen) atoms. The smallest absolute Gasteiger partial charge is 0.120 e. The molecule has 0 saturated carbocycles. The Kier molecular flexibility index (Phi) is 8.78. The van der Waals surface area contributed by atoms with Crippen molar-refractivity contribution < 1.29 is 4.74 Å². The molecule has 1 unspecified atom stereocenters. The molecule has 0 bridgehead atoms. The number of benzene rings is 4. The van der Waals surface area contributed by atoms with E-state index >= 15 is 0 Å². The second-order valence-corrected chi connectivity index (χ2v) is 9.22. The van der Waals surface area contributed by atoms with Crippen molar-refractivity contribution in [3.8, 4) is 5.75 Å². The molecule has 0 aliphatic rings. The summed E-state index contributed by atoms with van der Waals surface area (Å²) in [7, 11) is 0. The summed E-state index contributed by atoms with van der Waals surface area (Å²) >= 11 is 5.97. The van der Waals surface area contributed by atoms with Crippen molar-refractivity contribution in [3.63, 3.8) is 0 Å². The van der Waals surface area contributed by atoms with E-state index < -0.39 is 0 Å². The summed E-state index contributed by atoms with van der Waals surface area (Å²) in [4.78, 5) is 0. The zero-order valence-corrected chi connectivity index (χ0v) is 20.4. The summed E-state index contributed by atoms with van der Waals surface area (Å²) in [5.41, 5.74) is 5.12. The number of halogens is 1. The lowest BCUT2D eigenvalue weighted by atomic mass is 9.88. The van der Waals surface area contributed by atoms with Gasteiger partial charge >= 0.3 is 0 Å². The van der Waals surface area contributed by atoms with Crippen LogP contribution in [0.1, 0.15) is 41.5 Å². The van der Waals surface area contributed by atoms with Crippen LogP contribution >= 0.6 is 11.6 Å². The lowest BCUT2D eigenvalue weighted by Crippen LogP contribution is -2.30. The number of ether oxygens (including phenoxy) is 1. The Labute approximate surface area is 208 Å². The summed E-state index contributed by atoms with van der Waals surface area (Å²) in [6.07, 6.45) is 2.02. The summed E-state index contributed by atoms with van der Waals surface area (Å²) in [5.74, 6) is 1.29. The van der Waals surface area contributed by atoms with E-state index in [4.69, 9.17) is 16.3 Å². The molecule has 0 aliphatic carbocycles. The van der Waals surface area contributed by atoms with Gasteiger partial charge in [-0.25, -0.2) is 0 Å². The van der Waals surface area contributed by atoms with Crippen molar-refractivity contribution in [2.24, 2.45) is 0 Å². The number of nitrogens with one attached hydrogen (secondary N) is 1. The Balaban J connectivity index is 1.29. The minimum atomic E-state index is 0.374. The summed E-state index contributed by atoms with van der Waals surface area (Å²) < 4.78 is 6.00. The zero-order chi connectivity index (χ0) is 23.6. The van der Waals surface area contributed by atoms with Crippen LogP contribution in [0.15, 0.2) is 109 Å². The molecule has 1 atom stereocenters. The normalized spacial score (nSPS) is 12.0. The van der Waals surface area contributed by atoms with Crippen LogP contribution in [0.3, 0.4) is 0 Å². The standard InChI is InChI=1S/C31H32ClNO/c1-24(21-26-9-8-14-30(22-26)34-23-25-15-17-29(32)18-16-25)33-20-19-31(27-10-4-2-5-11-27)28-12-6-3-7-13-28/h2-18,22,24,31,33H,19-21,23H2,1H3. The first kappa shape index (κ1) is 24.1. The minimum absolute atomic E-state index is 0.374. The summed E-state index contributed by atoms with van der Waals surface area (Å²) in [6.45, 7) is 3.75. The van der Waals surface area contributed by atoms with Gasteiger partial charge in [0.15, 0.2) is 0 Å². The van der Waals surface area contributed by atoms with Gasteiger partial charge in [-0.05, 0) is 72.8 Å². The molecule has 0 radical (unpaired) electrons. The predicted molar refractivity (Wildman–Crippen MR) is 143 cm³/mol. The van der Waals surface area contributed by atoms with E-state index in [9.17, 15) is 0 Å². The van der Waals surface area contributed by atoms with Gasteiger partial charge in [0.2, 0.25) is 0 Å². The Morgan fingerprint density at radius 2 is 1.38 bits per heavy atom. The monoisotopic (exact) mass is 469 g/mol. The molecule has 0 amide bonds. The predicted octanol–water partition coefficient (Wildman–Crippen LogP) is 7.66. The molecular weight excluding hydrogens is 438 g/mol. The molecule has 0 aliphatic heterocycles. The van der Waals surface area contributed by atoms with Gasteiger partial charge in [-0.3, -0.25) is 0 Å². The SMILES string of the molecule is CC(Cc1cccc(OCc2ccc(Cl)cc2)c1)NCCC(c1ccccc1)c1ccccc1. The molecular formula is C31H32ClNO. The molecule has 0 saturated heterocycles. The average Bonchev–Trinajstić information content (AvgIpc) is 2.87. The van der Waals surface area contributed by atoms with Crippen molar-refractivity contribution in [2.45, 2.75) is 38.3 Å². The first-order valence-electron chi connectivity index (χ1n) is 12.0. The number of hydrogen-bond acceptors (Lipinski definition) is 2. The van der Waals surface area contributed by atoms with Crippen LogP contribution < -0.4 is 10.1 Å². The van der Waals surface area contributed by atoms with Crippen LogP contribution in [-0.4, -0.2) is 12.6 Å². The second-order valence-electron chi connectivity index (χ2n) is 8.78. The topological polar surface area (TPSA) is 21.3 Å². The van der Waals surface area contributed by atoms with Gasteiger partial charge < -0.3 is 10.1 Å². The van der Waals surface area contributed by atoms with Crippen LogP contribution in [0.4, 0.5) is 0 Å². The van der Waals surface area contributed by atoms with Crippen molar-refractivity contribution in [1.29, 1.82) is 0 Å². The largest absolute Gasteiger partial charge is 0.489 e. The fraction of sp³-hybridized carbons (Fsp3) is 0.226. The van der Waals surface area contributed by atoms with Crippen molar-refractivity contribution >= 4 is 11.6 Å². The molecule has 4 rings (SSSR count). The third-order valence-electron chi connectivity index (χ3n) is 6.09. The average molecular weight is 470 g/mol. The van der Waals surface area contributed by atoms with E-state index in [-0.39, 0.29) is 0 Å². The molecule has 1 N–H and O–H groups in total. The Morgan fingerprint density at radius 1 is 0.735 bits per heavy atom. The fourth-order valence-electron chi connectivity index (χ4n) is 4.31. The first-order valence-corrected chi connectivity index (χ1v) is 12.3. The van der Waals surface area contributed by atoms with Gasteiger partial charge in [0, 0.05) is 17.0 Å². The maximum Gasteiger partial charge on any atom is 0.120 e. The van der Waals surface area contributed by atoms with Crippen molar-refractivity contribution in [1.82, 2.24) is 5.32 Å². The van der Waals surface area contributed by atoms with Gasteiger partial charge in [-0.15, -0.1) is 0 Å². The third-order valence-corrected chi connectivity index (χ3v) is 6.34. The van der Waals surface area contributed by atoms with Crippen molar-refractivity contribution in [3.05, 3.63) is 136 Å². The van der Waals surface area contributed by atoms with Crippen LogP contribution in [-0.2, 0) is 13.0 Å². The molecule has 0 fully saturated rings. The van der Waals surface area contributed by atoms with E-state index in [0.717, 1.165) is 35.7 Å². The minimum Gasteiger partial charge on any atom is -0.489 e. The maximum absolute atomic E-state index is 6.00. The summed E-state index contributed by atoms with van der Waals surface area (Å²) in [6, 6.07) is 38.2. The van der Waals surface area contributed by atoms with Crippen LogP contribution in [0.25, 0.3) is 0 Å². The molecule has 2 nitrogen and oxygen atoms in total. The Morgan fingerprint density at radius 3 is 2.03 bits per heavy atom. The number of hydrogen-bond donors (Lipinski definition) is 1. The van der Waals surface area contributed by atoms with Gasteiger partial charge in [-0.1, -0.05) is 96.5 Å². The second kappa shape index (κ2) is 12.4. The lowest BCUT2D eigenvalue weighted by Gasteiger charge is -2.20. The van der Waals surface area contributed by atoms with Gasteiger partial charge in [-0.2, -0.15) is 0 Å². The molecule has 174 valence electrons. The highest BCUT2D eigenvalue weighted by Crippen LogP contribution is 2.27. The van der Waals surface area contributed by atoms with Crippen molar-refractivity contribution in [2.75, 3.05) is 6.54 Å². The van der Waals surface area contributed by atoms with E-state index in [1.165, 1.54) is 16.7 Å². The molecule has 4 aromatic carbocycles. The van der Waals surface area contributed by atoms with Crippen LogP contribution in [0, 0.1) is 0 Å². The maximum atomic E-state index is 6.00. The number of rotatable bonds is 11. The van der Waals surface area contributed by atoms with E-state index in [2.05, 4.69) is 91.1 Å². The highest BCUT2D eigenvalue weighted by Gasteiger charge is 2.14. The quantitative estimate of drug-likeness (QED) is 0.243. The molecule has 0 spiro atoms. The highest BCUT2D eigenvalue weighted by molar-refractivity contribution is 6.30. The van der Waals surface area contributed by atoms with Crippen LogP contribution in [0.2, 0.25) is 5.02 Å². The molecule has 4 aromatic rings. The Hall–Kier alpha value is -3.07. The summed E-state index contributed by atoms with van der Waals surface area (Å²) in [5, 5.41) is 4.47. The highest BCUT2D eigenvalue weighted by atomic mass is 35.5. The van der Waals surface area contributed by atoms with Gasteiger partial charge in [0.05, 0.1) is 0 Å². The van der Waals surface area contributed by atoms with Gasteiger partial charge in [0.25, 0.3) is 0 Å².